The Morgan fingerprint density at radius 1 is 1.12 bits per heavy atom. The van der Waals surface area contributed by atoms with Crippen LogP contribution in [0.3, 0.4) is 0 Å². The quantitative estimate of drug-likeness (QED) is 0.412. The van der Waals surface area contributed by atoms with Gasteiger partial charge >= 0.3 is 5.97 Å². The molecule has 1 amide bonds. The Labute approximate surface area is 208 Å². The second-order valence-electron chi connectivity index (χ2n) is 8.33. The lowest BCUT2D eigenvalue weighted by Crippen LogP contribution is -2.59. The molecule has 9 heteroatoms. The van der Waals surface area contributed by atoms with Gasteiger partial charge in [-0.15, -0.1) is 0 Å². The molecule has 6 nitrogen and oxygen atoms in total. The second-order valence-corrected chi connectivity index (χ2v) is 10.6. The fourth-order valence-corrected chi connectivity index (χ4v) is 5.47. The maximum absolute atomic E-state index is 13.3. The van der Waals surface area contributed by atoms with Gasteiger partial charge in [0.15, 0.2) is 4.90 Å². The first-order valence-corrected chi connectivity index (χ1v) is 12.9. The van der Waals surface area contributed by atoms with E-state index in [4.69, 9.17) is 27.9 Å². The van der Waals surface area contributed by atoms with Gasteiger partial charge < -0.3 is 19.1 Å². The predicted octanol–water partition coefficient (Wildman–Crippen LogP) is 4.79. The number of halogens is 2. The zero-order valence-electron chi connectivity index (χ0n) is 19.1. The van der Waals surface area contributed by atoms with Crippen molar-refractivity contribution >= 4 is 51.9 Å². The highest BCUT2D eigenvalue weighted by molar-refractivity contribution is 7.92. The van der Waals surface area contributed by atoms with Crippen LogP contribution in [-0.2, 0) is 20.7 Å². The maximum atomic E-state index is 13.3. The Hall–Kier alpha value is -1.93. The van der Waals surface area contributed by atoms with Crippen LogP contribution < -0.4 is 4.90 Å². The van der Waals surface area contributed by atoms with Crippen molar-refractivity contribution in [2.45, 2.75) is 50.8 Å². The molecular formula is C24H28Cl2N2O4S. The van der Waals surface area contributed by atoms with Gasteiger partial charge in [0.1, 0.15) is 0 Å². The number of benzene rings is 2. The van der Waals surface area contributed by atoms with E-state index in [9.17, 15) is 14.1 Å². The summed E-state index contributed by atoms with van der Waals surface area (Å²) in [6.07, 6.45) is -0.284. The first kappa shape index (κ1) is 25.7. The molecule has 1 unspecified atom stereocenters. The van der Waals surface area contributed by atoms with Crippen molar-refractivity contribution in [1.82, 2.24) is 4.90 Å². The summed E-state index contributed by atoms with van der Waals surface area (Å²) in [6.45, 7) is 8.77. The summed E-state index contributed by atoms with van der Waals surface area (Å²) in [7, 11) is 0. The van der Waals surface area contributed by atoms with Crippen molar-refractivity contribution in [3.63, 3.8) is 0 Å². The number of amides is 1. The number of hydrogen-bond donors (Lipinski definition) is 0. The number of anilines is 1. The predicted molar refractivity (Wildman–Crippen MR) is 133 cm³/mol. The van der Waals surface area contributed by atoms with Crippen molar-refractivity contribution in [2.75, 3.05) is 23.7 Å². The molecule has 0 saturated carbocycles. The van der Waals surface area contributed by atoms with Crippen LogP contribution in [0.4, 0.5) is 5.69 Å². The van der Waals surface area contributed by atoms with E-state index >= 15 is 0 Å². The van der Waals surface area contributed by atoms with Crippen LogP contribution in [0.25, 0.3) is 0 Å². The molecule has 0 aliphatic carbocycles. The number of carbonyl (C=O) groups excluding carboxylic acids is 2. The molecule has 33 heavy (non-hydrogen) atoms. The van der Waals surface area contributed by atoms with Crippen molar-refractivity contribution in [3.05, 3.63) is 58.1 Å². The van der Waals surface area contributed by atoms with Gasteiger partial charge in [-0.05, 0) is 75.3 Å². The molecule has 178 valence electrons. The van der Waals surface area contributed by atoms with Crippen LogP contribution in [0.2, 0.25) is 10.0 Å². The Kier molecular flexibility index (Phi) is 8.56. The third-order valence-corrected chi connectivity index (χ3v) is 7.71. The molecule has 3 rings (SSSR count). The molecule has 1 fully saturated rings. The average Bonchev–Trinajstić information content (AvgIpc) is 2.74. The fourth-order valence-electron chi connectivity index (χ4n) is 3.92. The molecule has 1 aliphatic rings. The Balaban J connectivity index is 1.71. The van der Waals surface area contributed by atoms with Gasteiger partial charge in [-0.2, -0.15) is 0 Å². The smallest absolute Gasteiger partial charge is 0.357 e. The zero-order chi connectivity index (χ0) is 24.3. The SMILES string of the molecule is CC(C)OC(=O)C[S+]([O-])c1ccc(C(=O)N2CCN(c3cccc(Cl)c3)[C@H](C)[C@H]2C)cc1Cl. The van der Waals surface area contributed by atoms with Crippen molar-refractivity contribution in [2.24, 2.45) is 0 Å². The number of hydrogen-bond acceptors (Lipinski definition) is 5. The molecule has 1 heterocycles. The van der Waals surface area contributed by atoms with Gasteiger partial charge in [-0.1, -0.05) is 29.3 Å². The molecule has 1 aliphatic heterocycles. The summed E-state index contributed by atoms with van der Waals surface area (Å²) in [6, 6.07) is 12.4. The third-order valence-electron chi connectivity index (χ3n) is 5.70. The van der Waals surface area contributed by atoms with E-state index < -0.39 is 17.1 Å². The zero-order valence-corrected chi connectivity index (χ0v) is 21.4. The lowest BCUT2D eigenvalue weighted by atomic mass is 10.0. The van der Waals surface area contributed by atoms with Crippen LogP contribution in [-0.4, -0.2) is 58.4 Å². The topological polar surface area (TPSA) is 72.9 Å². The number of ether oxygens (including phenoxy) is 1. The fraction of sp³-hybridized carbons (Fsp3) is 0.417. The number of rotatable bonds is 6. The van der Waals surface area contributed by atoms with Gasteiger partial charge in [0, 0.05) is 41.4 Å². The largest absolute Gasteiger partial charge is 0.611 e. The first-order chi connectivity index (χ1) is 15.6. The summed E-state index contributed by atoms with van der Waals surface area (Å²) in [5.41, 5.74) is 1.44. The Bertz CT molecular complexity index is 1020. The number of nitrogens with zero attached hydrogens (tertiary/aromatic N) is 2. The van der Waals surface area contributed by atoms with Crippen LogP contribution in [0.1, 0.15) is 38.1 Å². The molecule has 0 radical (unpaired) electrons. The average molecular weight is 511 g/mol. The summed E-state index contributed by atoms with van der Waals surface area (Å²) in [4.78, 5) is 29.5. The lowest BCUT2D eigenvalue weighted by Gasteiger charge is -2.46. The van der Waals surface area contributed by atoms with Gasteiger partial charge in [-0.25, -0.2) is 4.79 Å². The van der Waals surface area contributed by atoms with E-state index in [0.29, 0.717) is 28.6 Å². The normalized spacial score (nSPS) is 19.5. The minimum Gasteiger partial charge on any atom is -0.611 e. The van der Waals surface area contributed by atoms with E-state index in [1.54, 1.807) is 26.0 Å². The monoisotopic (exact) mass is 510 g/mol. The Morgan fingerprint density at radius 3 is 2.48 bits per heavy atom. The lowest BCUT2D eigenvalue weighted by molar-refractivity contribution is -0.144. The van der Waals surface area contributed by atoms with Crippen molar-refractivity contribution in [3.8, 4) is 0 Å². The summed E-state index contributed by atoms with van der Waals surface area (Å²) < 4.78 is 17.6. The molecule has 3 atom stereocenters. The van der Waals surface area contributed by atoms with E-state index in [0.717, 1.165) is 5.69 Å². The van der Waals surface area contributed by atoms with Gasteiger partial charge in [0.2, 0.25) is 5.75 Å². The number of carbonyl (C=O) groups is 2. The summed E-state index contributed by atoms with van der Waals surface area (Å²) in [5, 5.41) is 0.866. The molecule has 2 aromatic carbocycles. The van der Waals surface area contributed by atoms with Crippen LogP contribution >= 0.6 is 23.2 Å². The first-order valence-electron chi connectivity index (χ1n) is 10.8. The summed E-state index contributed by atoms with van der Waals surface area (Å²) in [5.74, 6) is -0.982. The van der Waals surface area contributed by atoms with Crippen molar-refractivity contribution < 1.29 is 18.9 Å². The number of esters is 1. The third kappa shape index (κ3) is 6.15. The highest BCUT2D eigenvalue weighted by Crippen LogP contribution is 2.29. The second kappa shape index (κ2) is 11.0. The van der Waals surface area contributed by atoms with E-state index in [1.807, 2.05) is 36.1 Å². The van der Waals surface area contributed by atoms with Gasteiger partial charge in [-0.3, -0.25) is 4.79 Å². The van der Waals surface area contributed by atoms with Gasteiger partial charge in [0.05, 0.1) is 11.1 Å². The highest BCUT2D eigenvalue weighted by Gasteiger charge is 2.34. The van der Waals surface area contributed by atoms with Crippen LogP contribution in [0.5, 0.6) is 0 Å². The van der Waals surface area contributed by atoms with Crippen LogP contribution in [0.15, 0.2) is 47.4 Å². The molecule has 2 aromatic rings. The molecule has 0 aromatic heterocycles. The maximum Gasteiger partial charge on any atom is 0.357 e. The van der Waals surface area contributed by atoms with E-state index in [1.165, 1.54) is 6.07 Å². The molecular weight excluding hydrogens is 483 g/mol. The number of piperazine rings is 1. The standard InChI is InChI=1S/C24H28Cl2N2O4S/c1-15(2)32-23(29)14-33(31)22-9-8-18(12-21(22)26)24(30)28-11-10-27(16(3)17(28)4)20-7-5-6-19(25)13-20/h5-9,12-13,15-17H,10-11,14H2,1-4H3/t16-,17-,33?/m1/s1. The summed E-state index contributed by atoms with van der Waals surface area (Å²) >= 11 is 10.8. The molecule has 0 bridgehead atoms. The van der Waals surface area contributed by atoms with Crippen molar-refractivity contribution in [1.29, 1.82) is 0 Å². The van der Waals surface area contributed by atoms with Gasteiger partial charge in [0.25, 0.3) is 5.91 Å². The minimum absolute atomic E-state index is 0.0522. The Morgan fingerprint density at radius 2 is 1.85 bits per heavy atom. The van der Waals surface area contributed by atoms with Crippen LogP contribution in [0, 0.1) is 0 Å². The molecule has 1 saturated heterocycles. The van der Waals surface area contributed by atoms with E-state index in [-0.39, 0.29) is 34.9 Å². The molecule has 0 spiro atoms. The highest BCUT2D eigenvalue weighted by atomic mass is 35.5. The minimum atomic E-state index is -1.66. The van der Waals surface area contributed by atoms with E-state index in [2.05, 4.69) is 11.8 Å². The molecule has 0 N–H and O–H groups in total.